The maximum absolute atomic E-state index is 11.9. The van der Waals surface area contributed by atoms with Crippen molar-refractivity contribution in [1.82, 2.24) is 10.2 Å². The Labute approximate surface area is 124 Å². The van der Waals surface area contributed by atoms with Crippen LogP contribution in [0.5, 0.6) is 0 Å². The monoisotopic (exact) mass is 300 g/mol. The second-order valence-corrected chi connectivity index (χ2v) is 6.00. The molecule has 1 aliphatic heterocycles. The molecule has 120 valence electrons. The number of amides is 2. The summed E-state index contributed by atoms with van der Waals surface area (Å²) in [5.41, 5.74) is -0.593. The largest absolute Gasteiger partial charge is 0.481 e. The van der Waals surface area contributed by atoms with E-state index in [0.29, 0.717) is 26.3 Å². The van der Waals surface area contributed by atoms with E-state index in [4.69, 9.17) is 9.84 Å². The zero-order valence-corrected chi connectivity index (χ0v) is 12.7. The van der Waals surface area contributed by atoms with Gasteiger partial charge in [-0.3, -0.25) is 14.4 Å². The van der Waals surface area contributed by atoms with E-state index >= 15 is 0 Å². The topological polar surface area (TPSA) is 95.9 Å². The Morgan fingerprint density at radius 1 is 1.19 bits per heavy atom. The average molecular weight is 300 g/mol. The molecule has 1 fully saturated rings. The van der Waals surface area contributed by atoms with Crippen LogP contribution in [-0.4, -0.2) is 60.6 Å². The SMILES string of the molecule is CC(C)(CC(=O)O)CC(=O)NCCC(=O)N1CCOCC1. The van der Waals surface area contributed by atoms with Crippen molar-refractivity contribution in [3.63, 3.8) is 0 Å². The maximum Gasteiger partial charge on any atom is 0.303 e. The summed E-state index contributed by atoms with van der Waals surface area (Å²) in [5, 5.41) is 11.4. The fraction of sp³-hybridized carbons (Fsp3) is 0.786. The lowest BCUT2D eigenvalue weighted by Gasteiger charge is -2.27. The van der Waals surface area contributed by atoms with Crippen molar-refractivity contribution in [2.45, 2.75) is 33.1 Å². The average Bonchev–Trinajstić information content (AvgIpc) is 2.37. The van der Waals surface area contributed by atoms with Gasteiger partial charge < -0.3 is 20.1 Å². The second-order valence-electron chi connectivity index (χ2n) is 6.00. The quantitative estimate of drug-likeness (QED) is 0.702. The molecule has 2 amide bonds. The lowest BCUT2D eigenvalue weighted by atomic mass is 9.85. The first-order valence-corrected chi connectivity index (χ1v) is 7.14. The summed E-state index contributed by atoms with van der Waals surface area (Å²) < 4.78 is 5.17. The van der Waals surface area contributed by atoms with E-state index in [9.17, 15) is 14.4 Å². The van der Waals surface area contributed by atoms with Crippen molar-refractivity contribution >= 4 is 17.8 Å². The molecule has 1 heterocycles. The predicted octanol–water partition coefficient (Wildman–Crippen LogP) is 0.243. The van der Waals surface area contributed by atoms with Gasteiger partial charge in [0.25, 0.3) is 0 Å². The van der Waals surface area contributed by atoms with Crippen molar-refractivity contribution in [2.24, 2.45) is 5.41 Å². The van der Waals surface area contributed by atoms with Crippen molar-refractivity contribution < 1.29 is 24.2 Å². The first kappa shape index (κ1) is 17.4. The molecular formula is C14H24N2O5. The van der Waals surface area contributed by atoms with Gasteiger partial charge in [-0.1, -0.05) is 13.8 Å². The van der Waals surface area contributed by atoms with Crippen LogP contribution < -0.4 is 5.32 Å². The minimum atomic E-state index is -0.921. The highest BCUT2D eigenvalue weighted by atomic mass is 16.5. The van der Waals surface area contributed by atoms with Crippen LogP contribution in [0, 0.1) is 5.41 Å². The number of carbonyl (C=O) groups is 3. The summed E-state index contributed by atoms with van der Waals surface area (Å²) in [6.07, 6.45) is 0.323. The number of carboxylic acid groups (broad SMARTS) is 1. The van der Waals surface area contributed by atoms with Gasteiger partial charge in [0, 0.05) is 32.5 Å². The maximum atomic E-state index is 11.9. The van der Waals surface area contributed by atoms with Crippen LogP contribution in [0.3, 0.4) is 0 Å². The molecule has 0 aromatic carbocycles. The zero-order chi connectivity index (χ0) is 15.9. The molecule has 0 radical (unpaired) electrons. The molecule has 21 heavy (non-hydrogen) atoms. The molecule has 0 unspecified atom stereocenters. The first-order valence-electron chi connectivity index (χ1n) is 7.14. The second kappa shape index (κ2) is 7.97. The number of carboxylic acids is 1. The summed E-state index contributed by atoms with van der Waals surface area (Å²) >= 11 is 0. The Balaban J connectivity index is 2.23. The van der Waals surface area contributed by atoms with Crippen LogP contribution in [0.1, 0.15) is 33.1 Å². The molecule has 1 rings (SSSR count). The minimum Gasteiger partial charge on any atom is -0.481 e. The van der Waals surface area contributed by atoms with E-state index in [-0.39, 0.29) is 37.6 Å². The number of carbonyl (C=O) groups excluding carboxylic acids is 2. The molecule has 0 saturated carbocycles. The van der Waals surface area contributed by atoms with Gasteiger partial charge in [0.2, 0.25) is 11.8 Å². The highest BCUT2D eigenvalue weighted by molar-refractivity contribution is 5.80. The van der Waals surface area contributed by atoms with Crippen LogP contribution in [0.15, 0.2) is 0 Å². The van der Waals surface area contributed by atoms with Gasteiger partial charge in [-0.15, -0.1) is 0 Å². The number of rotatable bonds is 7. The summed E-state index contributed by atoms with van der Waals surface area (Å²) in [7, 11) is 0. The Hall–Kier alpha value is -1.63. The molecule has 0 spiro atoms. The highest BCUT2D eigenvalue weighted by Gasteiger charge is 2.25. The third-order valence-corrected chi connectivity index (χ3v) is 3.29. The summed E-state index contributed by atoms with van der Waals surface area (Å²) in [4.78, 5) is 36.0. The number of ether oxygens (including phenoxy) is 1. The lowest BCUT2D eigenvalue weighted by molar-refractivity contribution is -0.139. The van der Waals surface area contributed by atoms with Gasteiger partial charge in [0.1, 0.15) is 0 Å². The standard InChI is InChI=1S/C14H24N2O5/c1-14(2,10-13(19)20)9-11(17)15-4-3-12(18)16-5-7-21-8-6-16/h3-10H2,1-2H3,(H,15,17)(H,19,20). The highest BCUT2D eigenvalue weighted by Crippen LogP contribution is 2.24. The van der Waals surface area contributed by atoms with Crippen LogP contribution >= 0.6 is 0 Å². The van der Waals surface area contributed by atoms with Crippen molar-refractivity contribution in [1.29, 1.82) is 0 Å². The number of morpholine rings is 1. The van der Waals surface area contributed by atoms with Crippen molar-refractivity contribution in [3.8, 4) is 0 Å². The molecule has 7 nitrogen and oxygen atoms in total. The molecule has 0 bridgehead atoms. The van der Waals surface area contributed by atoms with Crippen molar-refractivity contribution in [2.75, 3.05) is 32.8 Å². The zero-order valence-electron chi connectivity index (χ0n) is 12.7. The van der Waals surface area contributed by atoms with Gasteiger partial charge >= 0.3 is 5.97 Å². The van der Waals surface area contributed by atoms with E-state index in [2.05, 4.69) is 5.32 Å². The molecule has 1 saturated heterocycles. The van der Waals surface area contributed by atoms with Crippen LogP contribution in [0.4, 0.5) is 0 Å². The van der Waals surface area contributed by atoms with Crippen LogP contribution in [-0.2, 0) is 19.1 Å². The smallest absolute Gasteiger partial charge is 0.303 e. The Morgan fingerprint density at radius 2 is 1.81 bits per heavy atom. The molecule has 7 heteroatoms. The number of nitrogens with one attached hydrogen (secondary N) is 1. The van der Waals surface area contributed by atoms with Crippen molar-refractivity contribution in [3.05, 3.63) is 0 Å². The Bertz CT molecular complexity index is 389. The van der Waals surface area contributed by atoms with E-state index in [1.165, 1.54) is 0 Å². The number of hydrogen-bond acceptors (Lipinski definition) is 4. The number of aliphatic carboxylic acids is 1. The van der Waals surface area contributed by atoms with E-state index in [1.54, 1.807) is 18.7 Å². The fourth-order valence-corrected chi connectivity index (χ4v) is 2.25. The van der Waals surface area contributed by atoms with E-state index < -0.39 is 11.4 Å². The Kier molecular flexibility index (Phi) is 6.61. The fourth-order valence-electron chi connectivity index (χ4n) is 2.25. The van der Waals surface area contributed by atoms with E-state index in [1.807, 2.05) is 0 Å². The van der Waals surface area contributed by atoms with Crippen LogP contribution in [0.2, 0.25) is 0 Å². The summed E-state index contributed by atoms with van der Waals surface area (Å²) in [6, 6.07) is 0. The molecule has 1 aliphatic rings. The lowest BCUT2D eigenvalue weighted by Crippen LogP contribution is -2.42. The molecule has 2 N–H and O–H groups in total. The Morgan fingerprint density at radius 3 is 2.38 bits per heavy atom. The predicted molar refractivity (Wildman–Crippen MR) is 75.7 cm³/mol. The third kappa shape index (κ3) is 7.08. The molecule has 0 aliphatic carbocycles. The van der Waals surface area contributed by atoms with E-state index in [0.717, 1.165) is 0 Å². The van der Waals surface area contributed by atoms with Gasteiger partial charge in [-0.2, -0.15) is 0 Å². The molecule has 0 atom stereocenters. The summed E-state index contributed by atoms with van der Waals surface area (Å²) in [5.74, 6) is -1.14. The molecule has 0 aromatic heterocycles. The minimum absolute atomic E-state index is 0.00314. The normalized spacial score (nSPS) is 15.6. The number of nitrogens with zero attached hydrogens (tertiary/aromatic N) is 1. The number of hydrogen-bond donors (Lipinski definition) is 2. The van der Waals surface area contributed by atoms with Gasteiger partial charge in [0.15, 0.2) is 0 Å². The molecular weight excluding hydrogens is 276 g/mol. The van der Waals surface area contributed by atoms with Gasteiger partial charge in [0.05, 0.1) is 19.6 Å². The molecule has 0 aromatic rings. The first-order chi connectivity index (χ1) is 9.80. The van der Waals surface area contributed by atoms with Gasteiger partial charge in [-0.25, -0.2) is 0 Å². The third-order valence-electron chi connectivity index (χ3n) is 3.29. The summed E-state index contributed by atoms with van der Waals surface area (Å²) in [6.45, 7) is 6.05. The van der Waals surface area contributed by atoms with Gasteiger partial charge in [-0.05, 0) is 5.41 Å². The van der Waals surface area contributed by atoms with Crippen LogP contribution in [0.25, 0.3) is 0 Å².